The van der Waals surface area contributed by atoms with Crippen LogP contribution in [0.5, 0.6) is 0 Å². The van der Waals surface area contributed by atoms with Crippen LogP contribution >= 0.6 is 24.0 Å². The number of halogens is 3. The van der Waals surface area contributed by atoms with E-state index in [9.17, 15) is 27.9 Å². The normalized spacial score (nSPS) is 17.0. The number of rotatable bonds is 5. The molecule has 0 aliphatic carbocycles. The summed E-state index contributed by atoms with van der Waals surface area (Å²) in [5.41, 5.74) is -0.326. The molecule has 0 aromatic heterocycles. The SMILES string of the molecule is O=C([O-])CCCN1C(=O)/C(=C/c2ccc(C(F)(F)F)cc2)SC1=S. The van der Waals surface area contributed by atoms with Crippen LogP contribution in [-0.4, -0.2) is 27.6 Å². The average molecular weight is 374 g/mol. The standard InChI is InChI=1S/C15H12F3NO3S2/c16-15(17,18)10-5-3-9(4-6-10)8-11-13(22)19(14(23)24-11)7-1-2-12(20)21/h3-6,8H,1-2,7H2,(H,20,21)/p-1/b11-8-. The summed E-state index contributed by atoms with van der Waals surface area (Å²) < 4.78 is 37.9. The molecule has 1 saturated heterocycles. The smallest absolute Gasteiger partial charge is 0.416 e. The molecule has 1 aromatic carbocycles. The summed E-state index contributed by atoms with van der Waals surface area (Å²) >= 11 is 6.10. The van der Waals surface area contributed by atoms with Gasteiger partial charge in [0.2, 0.25) is 0 Å². The topological polar surface area (TPSA) is 60.4 Å². The van der Waals surface area contributed by atoms with E-state index in [2.05, 4.69) is 0 Å². The van der Waals surface area contributed by atoms with Crippen LogP contribution in [0.25, 0.3) is 6.08 Å². The quantitative estimate of drug-likeness (QED) is 0.585. The van der Waals surface area contributed by atoms with Crippen LogP contribution in [0.3, 0.4) is 0 Å². The number of nitrogens with zero attached hydrogens (tertiary/aromatic N) is 1. The first-order chi connectivity index (χ1) is 11.2. The first kappa shape index (κ1) is 18.5. The second kappa shape index (κ2) is 7.35. The van der Waals surface area contributed by atoms with Crippen LogP contribution < -0.4 is 5.11 Å². The van der Waals surface area contributed by atoms with Crippen molar-refractivity contribution in [1.82, 2.24) is 4.90 Å². The predicted molar refractivity (Wildman–Crippen MR) is 85.6 cm³/mol. The molecule has 0 N–H and O–H groups in total. The number of benzene rings is 1. The number of carboxylic acid groups (broad SMARTS) is 1. The lowest BCUT2D eigenvalue weighted by Crippen LogP contribution is -2.30. The number of alkyl halides is 3. The number of thioether (sulfide) groups is 1. The third kappa shape index (κ3) is 4.57. The Morgan fingerprint density at radius 2 is 1.92 bits per heavy atom. The second-order valence-corrected chi connectivity index (χ2v) is 6.60. The van der Waals surface area contributed by atoms with Crippen molar-refractivity contribution in [2.24, 2.45) is 0 Å². The van der Waals surface area contributed by atoms with Gasteiger partial charge < -0.3 is 9.90 Å². The summed E-state index contributed by atoms with van der Waals surface area (Å²) in [6.07, 6.45) is -2.93. The van der Waals surface area contributed by atoms with Gasteiger partial charge in [-0.25, -0.2) is 0 Å². The van der Waals surface area contributed by atoms with Crippen LogP contribution in [0.1, 0.15) is 24.0 Å². The molecule has 1 fully saturated rings. The Kier molecular flexibility index (Phi) is 5.66. The Balaban J connectivity index is 2.09. The number of carbonyl (C=O) groups excluding carboxylic acids is 2. The fraction of sp³-hybridized carbons (Fsp3) is 0.267. The van der Waals surface area contributed by atoms with Crippen molar-refractivity contribution in [3.8, 4) is 0 Å². The Hall–Kier alpha value is -1.87. The highest BCUT2D eigenvalue weighted by Crippen LogP contribution is 2.33. The molecular weight excluding hydrogens is 363 g/mol. The molecule has 128 valence electrons. The van der Waals surface area contributed by atoms with Crippen LogP contribution in [0.4, 0.5) is 13.2 Å². The monoisotopic (exact) mass is 374 g/mol. The van der Waals surface area contributed by atoms with E-state index in [1.807, 2.05) is 0 Å². The second-order valence-electron chi connectivity index (χ2n) is 4.93. The van der Waals surface area contributed by atoms with Crippen LogP contribution in [0.2, 0.25) is 0 Å². The first-order valence-electron chi connectivity index (χ1n) is 6.81. The van der Waals surface area contributed by atoms with E-state index in [1.165, 1.54) is 23.1 Å². The zero-order valence-corrected chi connectivity index (χ0v) is 13.8. The zero-order valence-electron chi connectivity index (χ0n) is 12.1. The first-order valence-corrected chi connectivity index (χ1v) is 8.03. The van der Waals surface area contributed by atoms with E-state index in [0.29, 0.717) is 5.56 Å². The highest BCUT2D eigenvalue weighted by molar-refractivity contribution is 8.26. The third-order valence-electron chi connectivity index (χ3n) is 3.17. The number of carbonyl (C=O) groups is 2. The van der Waals surface area contributed by atoms with Gasteiger partial charge in [0.05, 0.1) is 10.5 Å². The summed E-state index contributed by atoms with van der Waals surface area (Å²) in [5, 5.41) is 10.4. The number of thiocarbonyl (C=S) groups is 1. The molecule has 0 unspecified atom stereocenters. The van der Waals surface area contributed by atoms with Gasteiger partial charge in [-0.1, -0.05) is 36.1 Å². The molecule has 1 heterocycles. The van der Waals surface area contributed by atoms with Crippen molar-refractivity contribution in [3.05, 3.63) is 40.3 Å². The Bertz CT molecular complexity index is 699. The number of amides is 1. The van der Waals surface area contributed by atoms with E-state index in [-0.39, 0.29) is 34.5 Å². The molecular formula is C15H11F3NO3S2-. The van der Waals surface area contributed by atoms with Crippen LogP contribution in [0, 0.1) is 0 Å². The zero-order chi connectivity index (χ0) is 17.9. The lowest BCUT2D eigenvalue weighted by atomic mass is 10.1. The van der Waals surface area contributed by atoms with Crippen molar-refractivity contribution in [3.63, 3.8) is 0 Å². The lowest BCUT2D eigenvalue weighted by molar-refractivity contribution is -0.305. The predicted octanol–water partition coefficient (Wildman–Crippen LogP) is 2.44. The number of hydrogen-bond donors (Lipinski definition) is 0. The summed E-state index contributed by atoms with van der Waals surface area (Å²) in [6, 6.07) is 4.41. The van der Waals surface area contributed by atoms with Crippen LogP contribution in [-0.2, 0) is 15.8 Å². The molecule has 0 spiro atoms. The minimum Gasteiger partial charge on any atom is -0.550 e. The summed E-state index contributed by atoms with van der Waals surface area (Å²) in [5.74, 6) is -1.59. The van der Waals surface area contributed by atoms with Crippen molar-refractivity contribution in [2.45, 2.75) is 19.0 Å². The van der Waals surface area contributed by atoms with Gasteiger partial charge in [0, 0.05) is 12.5 Å². The van der Waals surface area contributed by atoms with Crippen molar-refractivity contribution in [1.29, 1.82) is 0 Å². The van der Waals surface area contributed by atoms with Gasteiger partial charge in [-0.2, -0.15) is 13.2 Å². The summed E-state index contributed by atoms with van der Waals surface area (Å²) in [4.78, 5) is 24.2. The largest absolute Gasteiger partial charge is 0.550 e. The molecule has 24 heavy (non-hydrogen) atoms. The molecule has 1 aromatic rings. The van der Waals surface area contributed by atoms with E-state index in [0.717, 1.165) is 23.9 Å². The molecule has 9 heteroatoms. The van der Waals surface area contributed by atoms with Gasteiger partial charge in [-0.15, -0.1) is 0 Å². The van der Waals surface area contributed by atoms with E-state index >= 15 is 0 Å². The van der Waals surface area contributed by atoms with E-state index < -0.39 is 17.7 Å². The summed E-state index contributed by atoms with van der Waals surface area (Å²) in [7, 11) is 0. The van der Waals surface area contributed by atoms with Gasteiger partial charge in [0.1, 0.15) is 4.32 Å². The van der Waals surface area contributed by atoms with E-state index in [4.69, 9.17) is 12.2 Å². The van der Waals surface area contributed by atoms with Crippen molar-refractivity contribution >= 4 is 46.3 Å². The molecule has 0 radical (unpaired) electrons. The highest BCUT2D eigenvalue weighted by Gasteiger charge is 2.32. The van der Waals surface area contributed by atoms with Gasteiger partial charge >= 0.3 is 6.18 Å². The molecule has 1 amide bonds. The maximum Gasteiger partial charge on any atom is 0.416 e. The Morgan fingerprint density at radius 3 is 2.46 bits per heavy atom. The van der Waals surface area contributed by atoms with Gasteiger partial charge in [-0.05, 0) is 36.6 Å². The Morgan fingerprint density at radius 1 is 1.29 bits per heavy atom. The van der Waals surface area contributed by atoms with Crippen molar-refractivity contribution in [2.75, 3.05) is 6.54 Å². The average Bonchev–Trinajstić information content (AvgIpc) is 2.74. The van der Waals surface area contributed by atoms with Crippen LogP contribution in [0.15, 0.2) is 29.2 Å². The van der Waals surface area contributed by atoms with Gasteiger partial charge in [0.15, 0.2) is 0 Å². The van der Waals surface area contributed by atoms with Gasteiger partial charge in [-0.3, -0.25) is 9.69 Å². The highest BCUT2D eigenvalue weighted by atomic mass is 32.2. The molecule has 1 aliphatic rings. The minimum atomic E-state index is -4.42. The minimum absolute atomic E-state index is 0.156. The number of aliphatic carboxylic acids is 1. The third-order valence-corrected chi connectivity index (χ3v) is 4.55. The molecule has 4 nitrogen and oxygen atoms in total. The fourth-order valence-corrected chi connectivity index (χ4v) is 3.30. The molecule has 0 atom stereocenters. The molecule has 1 aliphatic heterocycles. The molecule has 2 rings (SSSR count). The number of carboxylic acids is 1. The maximum atomic E-state index is 12.5. The molecule has 0 saturated carbocycles. The summed E-state index contributed by atoms with van der Waals surface area (Å²) in [6.45, 7) is 0.156. The lowest BCUT2D eigenvalue weighted by Gasteiger charge is -2.14. The number of hydrogen-bond acceptors (Lipinski definition) is 5. The van der Waals surface area contributed by atoms with Gasteiger partial charge in [0.25, 0.3) is 5.91 Å². The molecule has 0 bridgehead atoms. The van der Waals surface area contributed by atoms with Crippen molar-refractivity contribution < 1.29 is 27.9 Å². The fourth-order valence-electron chi connectivity index (χ4n) is 1.99. The maximum absolute atomic E-state index is 12.5. The van der Waals surface area contributed by atoms with E-state index in [1.54, 1.807) is 0 Å². The Labute approximate surface area is 145 Å².